The third-order valence-electron chi connectivity index (χ3n) is 4.80. The molecule has 31 heavy (non-hydrogen) atoms. The SMILES string of the molecule is C[C@H](NS(=O)(=O)c1ccccc1C(F)(F)F)C(=O)N1CCN(c2cccc(Cl)n2)CC1. The highest BCUT2D eigenvalue weighted by Crippen LogP contribution is 2.34. The second-order valence-electron chi connectivity index (χ2n) is 6.97. The molecular weight excluding hydrogens is 457 g/mol. The number of amides is 1. The maximum Gasteiger partial charge on any atom is 0.417 e. The largest absolute Gasteiger partial charge is 0.417 e. The van der Waals surface area contributed by atoms with E-state index in [-0.39, 0.29) is 0 Å². The molecule has 2 heterocycles. The fraction of sp³-hybridized carbons (Fsp3) is 0.368. The number of sulfonamides is 1. The predicted octanol–water partition coefficient (Wildman–Crippen LogP) is 2.77. The first-order valence-electron chi connectivity index (χ1n) is 9.34. The maximum absolute atomic E-state index is 13.2. The van der Waals surface area contributed by atoms with Crippen LogP contribution in [0.3, 0.4) is 0 Å². The average molecular weight is 477 g/mol. The molecule has 1 saturated heterocycles. The number of hydrogen-bond donors (Lipinski definition) is 1. The number of nitrogens with one attached hydrogen (secondary N) is 1. The fourth-order valence-electron chi connectivity index (χ4n) is 3.29. The van der Waals surface area contributed by atoms with Gasteiger partial charge in [0, 0.05) is 26.2 Å². The maximum atomic E-state index is 13.2. The van der Waals surface area contributed by atoms with Crippen LogP contribution in [-0.2, 0) is 21.0 Å². The molecule has 1 aliphatic rings. The van der Waals surface area contributed by atoms with Crippen molar-refractivity contribution in [2.45, 2.75) is 24.0 Å². The summed E-state index contributed by atoms with van der Waals surface area (Å²) in [4.78, 5) is 19.4. The molecule has 0 bridgehead atoms. The smallest absolute Gasteiger partial charge is 0.353 e. The Labute approximate surface area is 182 Å². The minimum Gasteiger partial charge on any atom is -0.353 e. The summed E-state index contributed by atoms with van der Waals surface area (Å²) in [5, 5.41) is 0.346. The van der Waals surface area contributed by atoms with Crippen molar-refractivity contribution in [1.82, 2.24) is 14.6 Å². The molecule has 2 aromatic rings. The zero-order valence-electron chi connectivity index (χ0n) is 16.4. The molecule has 1 aromatic heterocycles. The van der Waals surface area contributed by atoms with E-state index in [9.17, 15) is 26.4 Å². The number of carbonyl (C=O) groups is 1. The van der Waals surface area contributed by atoms with Crippen molar-refractivity contribution in [3.05, 3.63) is 53.2 Å². The molecule has 1 aromatic carbocycles. The Balaban J connectivity index is 1.66. The van der Waals surface area contributed by atoms with Gasteiger partial charge in [0.2, 0.25) is 15.9 Å². The second-order valence-corrected chi connectivity index (χ2v) is 9.04. The van der Waals surface area contributed by atoms with Gasteiger partial charge in [0.25, 0.3) is 0 Å². The minimum absolute atomic E-state index is 0.304. The van der Waals surface area contributed by atoms with Crippen LogP contribution in [0.4, 0.5) is 19.0 Å². The minimum atomic E-state index is -4.84. The number of benzene rings is 1. The number of piperazine rings is 1. The summed E-state index contributed by atoms with van der Waals surface area (Å²) in [7, 11) is -4.57. The normalized spacial score (nSPS) is 16.3. The second kappa shape index (κ2) is 9.01. The van der Waals surface area contributed by atoms with Crippen LogP contribution >= 0.6 is 11.6 Å². The summed E-state index contributed by atoms with van der Waals surface area (Å²) in [5.74, 6) is 0.142. The zero-order valence-corrected chi connectivity index (χ0v) is 18.0. The molecule has 0 saturated carbocycles. The van der Waals surface area contributed by atoms with Gasteiger partial charge in [-0.25, -0.2) is 13.4 Å². The molecule has 0 unspecified atom stereocenters. The molecule has 1 amide bonds. The number of aromatic nitrogens is 1. The summed E-state index contributed by atoms with van der Waals surface area (Å²) in [6.45, 7) is 2.82. The molecule has 1 N–H and O–H groups in total. The Hall–Kier alpha value is -2.37. The van der Waals surface area contributed by atoms with Gasteiger partial charge in [0.05, 0.1) is 16.5 Å². The molecular formula is C19H20ClF3N4O3S. The lowest BCUT2D eigenvalue weighted by molar-refractivity contribution is -0.139. The van der Waals surface area contributed by atoms with Gasteiger partial charge in [-0.2, -0.15) is 17.9 Å². The molecule has 1 aliphatic heterocycles. The lowest BCUT2D eigenvalue weighted by Crippen LogP contribution is -2.54. The number of hydrogen-bond acceptors (Lipinski definition) is 5. The van der Waals surface area contributed by atoms with E-state index in [2.05, 4.69) is 9.71 Å². The topological polar surface area (TPSA) is 82.6 Å². The molecule has 12 heteroatoms. The Kier molecular flexibility index (Phi) is 6.77. The molecule has 0 radical (unpaired) electrons. The van der Waals surface area contributed by atoms with E-state index < -0.39 is 38.6 Å². The van der Waals surface area contributed by atoms with E-state index >= 15 is 0 Å². The first kappa shape index (κ1) is 23.3. The quantitative estimate of drug-likeness (QED) is 0.671. The number of anilines is 1. The van der Waals surface area contributed by atoms with Crippen LogP contribution in [0.5, 0.6) is 0 Å². The van der Waals surface area contributed by atoms with Gasteiger partial charge < -0.3 is 9.80 Å². The lowest BCUT2D eigenvalue weighted by Gasteiger charge is -2.36. The van der Waals surface area contributed by atoms with Crippen molar-refractivity contribution in [2.24, 2.45) is 0 Å². The van der Waals surface area contributed by atoms with E-state index in [1.54, 1.807) is 18.2 Å². The van der Waals surface area contributed by atoms with E-state index in [0.29, 0.717) is 43.2 Å². The van der Waals surface area contributed by atoms with Crippen LogP contribution in [0.15, 0.2) is 47.4 Å². The summed E-state index contributed by atoms with van der Waals surface area (Å²) in [6.07, 6.45) is -4.84. The third kappa shape index (κ3) is 5.46. The summed E-state index contributed by atoms with van der Waals surface area (Å²) >= 11 is 5.90. The van der Waals surface area contributed by atoms with Gasteiger partial charge in [-0.05, 0) is 31.2 Å². The first-order valence-corrected chi connectivity index (χ1v) is 11.2. The molecule has 168 valence electrons. The van der Waals surface area contributed by atoms with Gasteiger partial charge >= 0.3 is 6.18 Å². The number of pyridine rings is 1. The fourth-order valence-corrected chi connectivity index (χ4v) is 4.87. The third-order valence-corrected chi connectivity index (χ3v) is 6.61. The average Bonchev–Trinajstić information content (AvgIpc) is 2.72. The lowest BCUT2D eigenvalue weighted by atomic mass is 10.2. The summed E-state index contributed by atoms with van der Waals surface area (Å²) < 4.78 is 66.7. The molecule has 3 rings (SSSR count). The van der Waals surface area contributed by atoms with E-state index in [1.807, 2.05) is 4.90 Å². The molecule has 1 atom stereocenters. The molecule has 0 spiro atoms. The van der Waals surface area contributed by atoms with Gasteiger partial charge in [-0.15, -0.1) is 0 Å². The van der Waals surface area contributed by atoms with Crippen LogP contribution in [-0.4, -0.2) is 56.4 Å². The van der Waals surface area contributed by atoms with Gasteiger partial charge in [-0.3, -0.25) is 4.79 Å². The summed E-state index contributed by atoms with van der Waals surface area (Å²) in [6, 6.07) is 7.81. The number of alkyl halides is 3. The Morgan fingerprint density at radius 1 is 1.10 bits per heavy atom. The number of rotatable bonds is 5. The number of nitrogens with zero attached hydrogens (tertiary/aromatic N) is 3. The number of halogens is 4. The predicted molar refractivity (Wildman–Crippen MR) is 109 cm³/mol. The van der Waals surface area contributed by atoms with Crippen LogP contribution in [0.2, 0.25) is 5.15 Å². The van der Waals surface area contributed by atoms with Crippen molar-refractivity contribution in [3.8, 4) is 0 Å². The first-order chi connectivity index (χ1) is 14.5. The van der Waals surface area contributed by atoms with Crippen molar-refractivity contribution in [3.63, 3.8) is 0 Å². The van der Waals surface area contributed by atoms with E-state index in [4.69, 9.17) is 11.6 Å². The summed E-state index contributed by atoms with van der Waals surface area (Å²) in [5.41, 5.74) is -1.29. The monoisotopic (exact) mass is 476 g/mol. The van der Waals surface area contributed by atoms with Crippen LogP contribution in [0, 0.1) is 0 Å². The molecule has 1 fully saturated rings. The molecule has 7 nitrogen and oxygen atoms in total. The van der Waals surface area contributed by atoms with Gasteiger partial charge in [0.15, 0.2) is 0 Å². The van der Waals surface area contributed by atoms with E-state index in [1.165, 1.54) is 17.9 Å². The van der Waals surface area contributed by atoms with Crippen LogP contribution in [0.25, 0.3) is 0 Å². The van der Waals surface area contributed by atoms with Crippen molar-refractivity contribution in [2.75, 3.05) is 31.1 Å². The van der Waals surface area contributed by atoms with Crippen molar-refractivity contribution >= 4 is 33.3 Å². The highest BCUT2D eigenvalue weighted by molar-refractivity contribution is 7.89. The Morgan fingerprint density at radius 2 is 1.74 bits per heavy atom. The van der Waals surface area contributed by atoms with Crippen LogP contribution in [0.1, 0.15) is 12.5 Å². The highest BCUT2D eigenvalue weighted by atomic mass is 35.5. The number of carbonyl (C=O) groups excluding carboxylic acids is 1. The zero-order chi connectivity index (χ0) is 22.8. The Morgan fingerprint density at radius 3 is 2.35 bits per heavy atom. The van der Waals surface area contributed by atoms with Crippen molar-refractivity contribution < 1.29 is 26.4 Å². The standard InChI is InChI=1S/C19H20ClF3N4O3S/c1-13(25-31(29,30)15-6-3-2-5-14(15)19(21,22)23)18(28)27-11-9-26(10-12-27)17-8-4-7-16(20)24-17/h2-8,13,25H,9-12H2,1H3/t13-/m0/s1. The Bertz CT molecular complexity index is 1060. The van der Waals surface area contributed by atoms with Gasteiger partial charge in [0.1, 0.15) is 11.0 Å². The van der Waals surface area contributed by atoms with Crippen LogP contribution < -0.4 is 9.62 Å². The highest BCUT2D eigenvalue weighted by Gasteiger charge is 2.38. The van der Waals surface area contributed by atoms with E-state index in [0.717, 1.165) is 12.1 Å². The molecule has 0 aliphatic carbocycles. The van der Waals surface area contributed by atoms with Gasteiger partial charge in [-0.1, -0.05) is 29.8 Å². The van der Waals surface area contributed by atoms with Crippen molar-refractivity contribution in [1.29, 1.82) is 0 Å².